The molecule has 0 fully saturated rings. The summed E-state index contributed by atoms with van der Waals surface area (Å²) in [5.41, 5.74) is 1.72. The lowest BCUT2D eigenvalue weighted by molar-refractivity contribution is -0.126. The number of carbonyl (C=O) groups is 2. The number of methoxy groups -OCH3 is 1. The van der Waals surface area contributed by atoms with E-state index in [0.717, 1.165) is 16.9 Å². The van der Waals surface area contributed by atoms with E-state index < -0.39 is 6.04 Å². The van der Waals surface area contributed by atoms with Gasteiger partial charge in [0.05, 0.1) is 13.7 Å². The molecule has 0 aliphatic rings. The van der Waals surface area contributed by atoms with E-state index in [4.69, 9.17) is 9.47 Å². The number of hydrogen-bond donors (Lipinski definition) is 2. The number of hydrogen-bond acceptors (Lipinski definition) is 5. The highest BCUT2D eigenvalue weighted by Crippen LogP contribution is 2.12. The van der Waals surface area contributed by atoms with Crippen LogP contribution in [-0.2, 0) is 16.1 Å². The van der Waals surface area contributed by atoms with Crippen molar-refractivity contribution in [3.63, 3.8) is 0 Å². The van der Waals surface area contributed by atoms with Crippen LogP contribution < -0.4 is 20.1 Å². The van der Waals surface area contributed by atoms with Gasteiger partial charge in [-0.2, -0.15) is 0 Å². The standard InChI is InChI=1S/C21H25N3O4/c1-4-28-20-13-17(11-12-22-20)14-23-21(26)15(2)24-19(25)10-7-16-5-8-18(27-3)9-6-16/h5-13,15H,4,14H2,1-3H3,(H,23,26)(H,24,25)/b10-7+. The molecule has 28 heavy (non-hydrogen) atoms. The van der Waals surface area contributed by atoms with E-state index >= 15 is 0 Å². The molecule has 0 aliphatic heterocycles. The van der Waals surface area contributed by atoms with Gasteiger partial charge in [0.1, 0.15) is 11.8 Å². The second-order valence-electron chi connectivity index (χ2n) is 5.99. The molecule has 148 valence electrons. The van der Waals surface area contributed by atoms with Gasteiger partial charge >= 0.3 is 0 Å². The Kier molecular flexibility index (Phi) is 8.02. The van der Waals surface area contributed by atoms with Gasteiger partial charge in [-0.05, 0) is 49.2 Å². The molecule has 0 radical (unpaired) electrons. The molecule has 0 spiro atoms. The zero-order chi connectivity index (χ0) is 20.4. The first-order chi connectivity index (χ1) is 13.5. The van der Waals surface area contributed by atoms with Gasteiger partial charge in [0.25, 0.3) is 0 Å². The second kappa shape index (κ2) is 10.7. The first kappa shape index (κ1) is 21.0. The largest absolute Gasteiger partial charge is 0.497 e. The first-order valence-corrected chi connectivity index (χ1v) is 9.00. The van der Waals surface area contributed by atoms with Gasteiger partial charge in [0.2, 0.25) is 17.7 Å². The van der Waals surface area contributed by atoms with Gasteiger partial charge in [-0.15, -0.1) is 0 Å². The topological polar surface area (TPSA) is 89.6 Å². The first-order valence-electron chi connectivity index (χ1n) is 9.00. The van der Waals surface area contributed by atoms with Gasteiger partial charge in [-0.25, -0.2) is 4.98 Å². The predicted molar refractivity (Wildman–Crippen MR) is 107 cm³/mol. The van der Waals surface area contributed by atoms with Crippen LogP contribution in [0, 0.1) is 0 Å². The molecule has 1 aromatic heterocycles. The molecular weight excluding hydrogens is 358 g/mol. The third-order valence-corrected chi connectivity index (χ3v) is 3.85. The van der Waals surface area contributed by atoms with Gasteiger partial charge in [-0.1, -0.05) is 12.1 Å². The van der Waals surface area contributed by atoms with E-state index in [1.165, 1.54) is 6.08 Å². The minimum atomic E-state index is -0.666. The Morgan fingerprint density at radius 3 is 2.64 bits per heavy atom. The Labute approximate surface area is 164 Å². The van der Waals surface area contributed by atoms with Crippen molar-refractivity contribution < 1.29 is 19.1 Å². The van der Waals surface area contributed by atoms with E-state index in [0.29, 0.717) is 19.0 Å². The van der Waals surface area contributed by atoms with E-state index in [-0.39, 0.29) is 11.8 Å². The van der Waals surface area contributed by atoms with Crippen molar-refractivity contribution in [1.29, 1.82) is 0 Å². The molecular formula is C21H25N3O4. The fourth-order valence-corrected chi connectivity index (χ4v) is 2.34. The number of rotatable bonds is 9. The number of ether oxygens (including phenoxy) is 2. The Balaban J connectivity index is 1.81. The quantitative estimate of drug-likeness (QED) is 0.649. The molecule has 1 atom stereocenters. The zero-order valence-electron chi connectivity index (χ0n) is 16.3. The van der Waals surface area contributed by atoms with Crippen LogP contribution in [0.5, 0.6) is 11.6 Å². The average Bonchev–Trinajstić information content (AvgIpc) is 2.71. The molecule has 1 heterocycles. The number of nitrogens with zero attached hydrogens (tertiary/aromatic N) is 1. The van der Waals surface area contributed by atoms with Crippen LogP contribution >= 0.6 is 0 Å². The molecule has 1 aromatic carbocycles. The Morgan fingerprint density at radius 1 is 1.21 bits per heavy atom. The summed E-state index contributed by atoms with van der Waals surface area (Å²) in [5, 5.41) is 5.43. The van der Waals surface area contributed by atoms with Gasteiger partial charge in [-0.3, -0.25) is 9.59 Å². The lowest BCUT2D eigenvalue weighted by Crippen LogP contribution is -2.44. The van der Waals surface area contributed by atoms with E-state index in [2.05, 4.69) is 15.6 Å². The highest BCUT2D eigenvalue weighted by molar-refractivity contribution is 5.95. The summed E-state index contributed by atoms with van der Waals surface area (Å²) in [4.78, 5) is 28.3. The van der Waals surface area contributed by atoms with Crippen LogP contribution in [0.4, 0.5) is 0 Å². The lowest BCUT2D eigenvalue weighted by Gasteiger charge is -2.13. The maximum absolute atomic E-state index is 12.2. The predicted octanol–water partition coefficient (Wildman–Crippen LogP) is 2.32. The molecule has 2 amide bonds. The van der Waals surface area contributed by atoms with Crippen molar-refractivity contribution in [3.8, 4) is 11.6 Å². The normalized spacial score (nSPS) is 11.7. The summed E-state index contributed by atoms with van der Waals surface area (Å²) in [7, 11) is 1.59. The fourth-order valence-electron chi connectivity index (χ4n) is 2.34. The van der Waals surface area contributed by atoms with Crippen LogP contribution in [0.3, 0.4) is 0 Å². The molecule has 7 nitrogen and oxygen atoms in total. The highest BCUT2D eigenvalue weighted by atomic mass is 16.5. The Morgan fingerprint density at radius 2 is 1.96 bits per heavy atom. The number of benzene rings is 1. The van der Waals surface area contributed by atoms with E-state index in [1.807, 2.05) is 31.2 Å². The number of pyridine rings is 1. The van der Waals surface area contributed by atoms with Gasteiger partial charge in [0.15, 0.2) is 0 Å². The van der Waals surface area contributed by atoms with Crippen molar-refractivity contribution in [2.24, 2.45) is 0 Å². The van der Waals surface area contributed by atoms with E-state index in [9.17, 15) is 9.59 Å². The third-order valence-electron chi connectivity index (χ3n) is 3.85. The maximum Gasteiger partial charge on any atom is 0.244 e. The molecule has 2 aromatic rings. The maximum atomic E-state index is 12.2. The summed E-state index contributed by atoms with van der Waals surface area (Å²) >= 11 is 0. The van der Waals surface area contributed by atoms with Crippen molar-refractivity contribution in [1.82, 2.24) is 15.6 Å². The van der Waals surface area contributed by atoms with Crippen LogP contribution in [0.1, 0.15) is 25.0 Å². The van der Waals surface area contributed by atoms with Crippen LogP contribution in [0.15, 0.2) is 48.7 Å². The number of aromatic nitrogens is 1. The van der Waals surface area contributed by atoms with Gasteiger partial charge in [0, 0.05) is 24.9 Å². The molecule has 0 bridgehead atoms. The number of amides is 2. The summed E-state index contributed by atoms with van der Waals surface area (Å²) in [6.45, 7) is 4.36. The lowest BCUT2D eigenvalue weighted by atomic mass is 10.2. The van der Waals surface area contributed by atoms with Crippen LogP contribution in [0.25, 0.3) is 6.08 Å². The highest BCUT2D eigenvalue weighted by Gasteiger charge is 2.14. The molecule has 2 rings (SSSR count). The minimum absolute atomic E-state index is 0.277. The van der Waals surface area contributed by atoms with Crippen molar-refractivity contribution in [3.05, 3.63) is 59.8 Å². The van der Waals surface area contributed by atoms with Crippen LogP contribution in [-0.4, -0.2) is 36.6 Å². The molecule has 0 saturated heterocycles. The zero-order valence-corrected chi connectivity index (χ0v) is 16.3. The number of nitrogens with one attached hydrogen (secondary N) is 2. The second-order valence-corrected chi connectivity index (χ2v) is 5.99. The smallest absolute Gasteiger partial charge is 0.244 e. The van der Waals surface area contributed by atoms with Crippen molar-refractivity contribution in [2.45, 2.75) is 26.4 Å². The summed E-state index contributed by atoms with van der Waals surface area (Å²) in [6.07, 6.45) is 4.69. The molecule has 2 N–H and O–H groups in total. The SMILES string of the molecule is CCOc1cc(CNC(=O)C(C)NC(=O)/C=C/c2ccc(OC)cc2)ccn1. The Bertz CT molecular complexity index is 819. The van der Waals surface area contributed by atoms with Crippen molar-refractivity contribution in [2.75, 3.05) is 13.7 Å². The molecule has 1 unspecified atom stereocenters. The van der Waals surface area contributed by atoms with E-state index in [1.54, 1.807) is 38.4 Å². The van der Waals surface area contributed by atoms with Crippen LogP contribution in [0.2, 0.25) is 0 Å². The summed E-state index contributed by atoms with van der Waals surface area (Å²) in [5.74, 6) is 0.635. The summed E-state index contributed by atoms with van der Waals surface area (Å²) in [6, 6.07) is 10.2. The Hall–Kier alpha value is -3.35. The third kappa shape index (κ3) is 6.75. The average molecular weight is 383 g/mol. The van der Waals surface area contributed by atoms with Gasteiger partial charge < -0.3 is 20.1 Å². The van der Waals surface area contributed by atoms with Crippen molar-refractivity contribution >= 4 is 17.9 Å². The number of carbonyl (C=O) groups excluding carboxylic acids is 2. The molecule has 7 heteroatoms. The summed E-state index contributed by atoms with van der Waals surface area (Å²) < 4.78 is 10.4. The fraction of sp³-hybridized carbons (Fsp3) is 0.286. The monoisotopic (exact) mass is 383 g/mol. The molecule has 0 aliphatic carbocycles. The minimum Gasteiger partial charge on any atom is -0.497 e. The molecule has 0 saturated carbocycles.